The van der Waals surface area contributed by atoms with Gasteiger partial charge < -0.3 is 30.0 Å². The van der Waals surface area contributed by atoms with Gasteiger partial charge in [-0.1, -0.05) is 36.4 Å². The minimum atomic E-state index is -1.32. The summed E-state index contributed by atoms with van der Waals surface area (Å²) in [6, 6.07) is 9.92. The van der Waals surface area contributed by atoms with E-state index in [2.05, 4.69) is 15.6 Å². The first-order valence-corrected chi connectivity index (χ1v) is 9.42. The van der Waals surface area contributed by atoms with Crippen LogP contribution in [0.2, 0.25) is 0 Å². The molecule has 0 fully saturated rings. The topological polar surface area (TPSA) is 136 Å². The van der Waals surface area contributed by atoms with E-state index in [0.717, 1.165) is 5.56 Å². The molecule has 0 spiro atoms. The van der Waals surface area contributed by atoms with Crippen molar-refractivity contribution in [1.82, 2.24) is 15.6 Å². The summed E-state index contributed by atoms with van der Waals surface area (Å²) in [5.41, 5.74) is 1.41. The Morgan fingerprint density at radius 3 is 2.32 bits per heavy atom. The zero-order chi connectivity index (χ0) is 22.6. The molecule has 2 aromatic rings. The van der Waals surface area contributed by atoms with Gasteiger partial charge in [-0.3, -0.25) is 4.79 Å². The number of aliphatic hydroxyl groups is 1. The fourth-order valence-corrected chi connectivity index (χ4v) is 2.60. The van der Waals surface area contributed by atoms with E-state index in [9.17, 15) is 19.5 Å². The third-order valence-electron chi connectivity index (χ3n) is 4.25. The SMILES string of the molecule is COC(=O)[C@H](Cc1ccc(OC)nc1)NC(=O)[C@H](CO)NC(=O)OCc1ccccc1. The molecule has 0 radical (unpaired) electrons. The Labute approximate surface area is 179 Å². The number of aromatic nitrogens is 1. The van der Waals surface area contributed by atoms with E-state index in [4.69, 9.17) is 14.2 Å². The normalized spacial score (nSPS) is 12.2. The Kier molecular flexibility index (Phi) is 9.24. The van der Waals surface area contributed by atoms with E-state index in [1.165, 1.54) is 20.4 Å². The number of hydrogen-bond donors (Lipinski definition) is 3. The Balaban J connectivity index is 1.95. The fourth-order valence-electron chi connectivity index (χ4n) is 2.60. The molecule has 10 heteroatoms. The number of esters is 1. The molecule has 0 saturated carbocycles. The number of aliphatic hydroxyl groups excluding tert-OH is 1. The summed E-state index contributed by atoms with van der Waals surface area (Å²) in [4.78, 5) is 40.7. The van der Waals surface area contributed by atoms with Gasteiger partial charge in [0, 0.05) is 18.7 Å². The number of nitrogens with zero attached hydrogens (tertiary/aromatic N) is 1. The van der Waals surface area contributed by atoms with E-state index < -0.39 is 36.7 Å². The molecule has 1 heterocycles. The highest BCUT2D eigenvalue weighted by Crippen LogP contribution is 2.10. The second kappa shape index (κ2) is 12.1. The molecule has 0 aliphatic heterocycles. The van der Waals surface area contributed by atoms with Crippen molar-refractivity contribution in [2.24, 2.45) is 0 Å². The van der Waals surface area contributed by atoms with Gasteiger partial charge in [0.15, 0.2) is 0 Å². The summed E-state index contributed by atoms with van der Waals surface area (Å²) in [7, 11) is 2.67. The maximum atomic E-state index is 12.5. The molecule has 0 saturated heterocycles. The van der Waals surface area contributed by atoms with Crippen LogP contribution in [0.3, 0.4) is 0 Å². The molecule has 10 nitrogen and oxygen atoms in total. The van der Waals surface area contributed by atoms with Crippen molar-refractivity contribution in [3.63, 3.8) is 0 Å². The molecule has 166 valence electrons. The second-order valence-corrected chi connectivity index (χ2v) is 6.44. The number of hydrogen-bond acceptors (Lipinski definition) is 8. The van der Waals surface area contributed by atoms with Gasteiger partial charge in [-0.05, 0) is 11.1 Å². The monoisotopic (exact) mass is 431 g/mol. The van der Waals surface area contributed by atoms with Crippen molar-refractivity contribution in [2.75, 3.05) is 20.8 Å². The molecule has 31 heavy (non-hydrogen) atoms. The third kappa shape index (κ3) is 7.59. The summed E-state index contributed by atoms with van der Waals surface area (Å²) in [6.07, 6.45) is 0.711. The zero-order valence-electron chi connectivity index (χ0n) is 17.2. The molecule has 2 rings (SSSR count). The molecule has 0 aliphatic carbocycles. The zero-order valence-corrected chi connectivity index (χ0v) is 17.2. The number of carbonyl (C=O) groups excluding carboxylic acids is 3. The number of pyridine rings is 1. The van der Waals surface area contributed by atoms with Crippen LogP contribution in [0.15, 0.2) is 48.7 Å². The number of rotatable bonds is 10. The predicted molar refractivity (Wildman–Crippen MR) is 109 cm³/mol. The van der Waals surface area contributed by atoms with Gasteiger partial charge in [-0.2, -0.15) is 0 Å². The quantitative estimate of drug-likeness (QED) is 0.465. The van der Waals surface area contributed by atoms with Crippen LogP contribution in [-0.2, 0) is 32.1 Å². The Bertz CT molecular complexity index is 859. The molecular weight excluding hydrogens is 406 g/mol. The van der Waals surface area contributed by atoms with Crippen LogP contribution in [-0.4, -0.2) is 61.0 Å². The lowest BCUT2D eigenvalue weighted by Gasteiger charge is -2.21. The average molecular weight is 431 g/mol. The summed E-state index contributed by atoms with van der Waals surface area (Å²) < 4.78 is 14.8. The minimum absolute atomic E-state index is 0.00168. The highest BCUT2D eigenvalue weighted by atomic mass is 16.5. The summed E-state index contributed by atoms with van der Waals surface area (Å²) in [5, 5.41) is 14.3. The van der Waals surface area contributed by atoms with Crippen LogP contribution in [0.25, 0.3) is 0 Å². The maximum absolute atomic E-state index is 12.5. The Hall–Kier alpha value is -3.66. The number of alkyl carbamates (subject to hydrolysis) is 1. The minimum Gasteiger partial charge on any atom is -0.481 e. The van der Waals surface area contributed by atoms with Gasteiger partial charge in [0.1, 0.15) is 18.7 Å². The third-order valence-corrected chi connectivity index (χ3v) is 4.25. The summed E-state index contributed by atoms with van der Waals surface area (Å²) in [5.74, 6) is -1.05. The Morgan fingerprint density at radius 2 is 1.74 bits per heavy atom. The fraction of sp³-hybridized carbons (Fsp3) is 0.333. The average Bonchev–Trinajstić information content (AvgIpc) is 2.81. The van der Waals surface area contributed by atoms with E-state index in [1.807, 2.05) is 6.07 Å². The van der Waals surface area contributed by atoms with Gasteiger partial charge in [-0.25, -0.2) is 14.6 Å². The first kappa shape index (κ1) is 23.6. The highest BCUT2D eigenvalue weighted by molar-refractivity contribution is 5.89. The molecular formula is C21H25N3O7. The number of methoxy groups -OCH3 is 2. The van der Waals surface area contributed by atoms with Crippen LogP contribution in [0, 0.1) is 0 Å². The number of benzene rings is 1. The van der Waals surface area contributed by atoms with Crippen LogP contribution >= 0.6 is 0 Å². The van der Waals surface area contributed by atoms with Crippen molar-refractivity contribution in [1.29, 1.82) is 0 Å². The number of ether oxygens (including phenoxy) is 3. The van der Waals surface area contributed by atoms with Crippen LogP contribution < -0.4 is 15.4 Å². The van der Waals surface area contributed by atoms with Crippen LogP contribution in [0.5, 0.6) is 5.88 Å². The van der Waals surface area contributed by atoms with Crippen LogP contribution in [0.4, 0.5) is 4.79 Å². The van der Waals surface area contributed by atoms with E-state index in [0.29, 0.717) is 11.4 Å². The molecule has 0 unspecified atom stereocenters. The molecule has 1 aromatic carbocycles. The molecule has 2 amide bonds. The van der Waals surface area contributed by atoms with Gasteiger partial charge >= 0.3 is 12.1 Å². The summed E-state index contributed by atoms with van der Waals surface area (Å²) >= 11 is 0. The predicted octanol–water partition coefficient (Wildman–Crippen LogP) is 0.578. The van der Waals surface area contributed by atoms with Gasteiger partial charge in [0.25, 0.3) is 0 Å². The van der Waals surface area contributed by atoms with Crippen molar-refractivity contribution in [3.8, 4) is 5.88 Å². The smallest absolute Gasteiger partial charge is 0.408 e. The van der Waals surface area contributed by atoms with Crippen molar-refractivity contribution in [2.45, 2.75) is 25.1 Å². The highest BCUT2D eigenvalue weighted by Gasteiger charge is 2.27. The molecule has 1 aromatic heterocycles. The molecule has 0 bridgehead atoms. The lowest BCUT2D eigenvalue weighted by Crippen LogP contribution is -2.54. The van der Waals surface area contributed by atoms with Crippen LogP contribution in [0.1, 0.15) is 11.1 Å². The lowest BCUT2D eigenvalue weighted by atomic mass is 10.1. The number of nitrogens with one attached hydrogen (secondary N) is 2. The van der Waals surface area contributed by atoms with Crippen molar-refractivity contribution in [3.05, 3.63) is 59.8 Å². The molecule has 3 N–H and O–H groups in total. The van der Waals surface area contributed by atoms with E-state index in [1.54, 1.807) is 36.4 Å². The summed E-state index contributed by atoms with van der Waals surface area (Å²) in [6.45, 7) is -0.689. The first-order chi connectivity index (χ1) is 15.0. The largest absolute Gasteiger partial charge is 0.481 e. The van der Waals surface area contributed by atoms with Gasteiger partial charge in [-0.15, -0.1) is 0 Å². The Morgan fingerprint density at radius 1 is 1.00 bits per heavy atom. The van der Waals surface area contributed by atoms with Gasteiger partial charge in [0.05, 0.1) is 20.8 Å². The first-order valence-electron chi connectivity index (χ1n) is 9.42. The van der Waals surface area contributed by atoms with Crippen molar-refractivity contribution < 1.29 is 33.7 Å². The number of carbonyl (C=O) groups is 3. The molecule has 2 atom stereocenters. The number of amides is 2. The molecule has 0 aliphatic rings. The lowest BCUT2D eigenvalue weighted by molar-refractivity contribution is -0.145. The van der Waals surface area contributed by atoms with Crippen molar-refractivity contribution >= 4 is 18.0 Å². The van der Waals surface area contributed by atoms with Gasteiger partial charge in [0.2, 0.25) is 11.8 Å². The standard InChI is InChI=1S/C21H25N3O7/c1-29-18-9-8-15(11-22-18)10-16(20(27)30-2)23-19(26)17(12-25)24-21(28)31-13-14-6-4-3-5-7-14/h3-9,11,16-17,25H,10,12-13H2,1-2H3,(H,23,26)(H,24,28)/t16-,17-/m0/s1. The van der Waals surface area contributed by atoms with E-state index >= 15 is 0 Å². The second-order valence-electron chi connectivity index (χ2n) is 6.44. The maximum Gasteiger partial charge on any atom is 0.408 e. The van der Waals surface area contributed by atoms with E-state index in [-0.39, 0.29) is 13.0 Å².